The largest absolute Gasteiger partial charge is 0.481 e. The summed E-state index contributed by atoms with van der Waals surface area (Å²) in [6.07, 6.45) is 7.57. The first-order chi connectivity index (χ1) is 9.99. The van der Waals surface area contributed by atoms with Crippen LogP contribution in [-0.4, -0.2) is 29.7 Å². The number of carboxylic acid groups (broad SMARTS) is 1. The first-order valence-corrected chi connectivity index (χ1v) is 8.25. The summed E-state index contributed by atoms with van der Waals surface area (Å²) in [7, 11) is 0. The maximum Gasteiger partial charge on any atom is 0.315 e. The predicted molar refractivity (Wildman–Crippen MR) is 83.2 cm³/mol. The van der Waals surface area contributed by atoms with Gasteiger partial charge in [0.05, 0.1) is 0 Å². The Hall–Kier alpha value is -1.26. The van der Waals surface area contributed by atoms with Crippen LogP contribution in [-0.2, 0) is 4.79 Å². The highest BCUT2D eigenvalue weighted by Gasteiger charge is 2.17. The molecule has 0 aromatic carbocycles. The minimum absolute atomic E-state index is 0.0809. The Morgan fingerprint density at radius 2 is 1.81 bits per heavy atom. The number of urea groups is 1. The molecule has 0 spiro atoms. The standard InChI is InChI=1S/C16H30N2O3/c1-12(2)13(8-9-15(19)20)10-11-17-16(21)18-14-6-4-3-5-7-14/h12-14H,3-11H2,1-2H3,(H,19,20)(H2,17,18,21). The zero-order valence-corrected chi connectivity index (χ0v) is 13.4. The van der Waals surface area contributed by atoms with Gasteiger partial charge in [-0.3, -0.25) is 4.79 Å². The van der Waals surface area contributed by atoms with Gasteiger partial charge in [0.2, 0.25) is 0 Å². The molecule has 1 aliphatic carbocycles. The van der Waals surface area contributed by atoms with Crippen molar-refractivity contribution in [2.45, 2.75) is 71.3 Å². The molecule has 0 aliphatic heterocycles. The fourth-order valence-electron chi connectivity index (χ4n) is 2.97. The Balaban J connectivity index is 2.19. The highest BCUT2D eigenvalue weighted by molar-refractivity contribution is 5.74. The maximum absolute atomic E-state index is 11.8. The van der Waals surface area contributed by atoms with Gasteiger partial charge in [-0.15, -0.1) is 0 Å². The molecule has 5 heteroatoms. The molecule has 122 valence electrons. The number of hydrogen-bond acceptors (Lipinski definition) is 2. The van der Waals surface area contributed by atoms with Crippen molar-refractivity contribution in [1.29, 1.82) is 0 Å². The number of amides is 2. The van der Waals surface area contributed by atoms with E-state index in [1.54, 1.807) is 0 Å². The van der Waals surface area contributed by atoms with Crippen molar-refractivity contribution in [2.24, 2.45) is 11.8 Å². The molecule has 1 aliphatic rings. The van der Waals surface area contributed by atoms with Gasteiger partial charge in [0.1, 0.15) is 0 Å². The molecule has 0 heterocycles. The summed E-state index contributed by atoms with van der Waals surface area (Å²) in [5, 5.41) is 14.7. The summed E-state index contributed by atoms with van der Waals surface area (Å²) < 4.78 is 0. The van der Waals surface area contributed by atoms with E-state index < -0.39 is 5.97 Å². The molecule has 1 atom stereocenters. The summed E-state index contributed by atoms with van der Waals surface area (Å²) in [4.78, 5) is 22.5. The first-order valence-electron chi connectivity index (χ1n) is 8.25. The van der Waals surface area contributed by atoms with E-state index in [1.165, 1.54) is 19.3 Å². The zero-order chi connectivity index (χ0) is 15.7. The molecule has 1 unspecified atom stereocenters. The van der Waals surface area contributed by atoms with E-state index in [1.807, 2.05) is 0 Å². The molecule has 5 nitrogen and oxygen atoms in total. The molecule has 1 rings (SSSR count). The van der Waals surface area contributed by atoms with Gasteiger partial charge in [-0.2, -0.15) is 0 Å². The Morgan fingerprint density at radius 3 is 2.38 bits per heavy atom. The highest BCUT2D eigenvalue weighted by Crippen LogP contribution is 2.20. The van der Waals surface area contributed by atoms with E-state index in [9.17, 15) is 9.59 Å². The van der Waals surface area contributed by atoms with Gasteiger partial charge in [0.15, 0.2) is 0 Å². The van der Waals surface area contributed by atoms with Crippen LogP contribution in [0.2, 0.25) is 0 Å². The number of carboxylic acids is 1. The first kappa shape index (κ1) is 17.8. The Kier molecular flexibility index (Phi) is 8.16. The van der Waals surface area contributed by atoms with Crippen LogP contribution < -0.4 is 10.6 Å². The van der Waals surface area contributed by atoms with Crippen molar-refractivity contribution in [3.63, 3.8) is 0 Å². The molecule has 21 heavy (non-hydrogen) atoms. The van der Waals surface area contributed by atoms with Crippen LogP contribution in [0.15, 0.2) is 0 Å². The van der Waals surface area contributed by atoms with E-state index in [0.717, 1.165) is 19.3 Å². The minimum Gasteiger partial charge on any atom is -0.481 e. The van der Waals surface area contributed by atoms with Crippen molar-refractivity contribution in [3.8, 4) is 0 Å². The van der Waals surface area contributed by atoms with Crippen LogP contribution in [0.5, 0.6) is 0 Å². The second kappa shape index (κ2) is 9.64. The van der Waals surface area contributed by atoms with E-state index in [0.29, 0.717) is 30.8 Å². The summed E-state index contributed by atoms with van der Waals surface area (Å²) in [6.45, 7) is 4.82. The molecule has 0 saturated heterocycles. The van der Waals surface area contributed by atoms with Crippen molar-refractivity contribution >= 4 is 12.0 Å². The smallest absolute Gasteiger partial charge is 0.315 e. The molecule has 3 N–H and O–H groups in total. The fourth-order valence-corrected chi connectivity index (χ4v) is 2.97. The lowest BCUT2D eigenvalue weighted by Gasteiger charge is -2.24. The summed E-state index contributed by atoms with van der Waals surface area (Å²) in [5.41, 5.74) is 0. The van der Waals surface area contributed by atoms with E-state index in [-0.39, 0.29) is 12.5 Å². The monoisotopic (exact) mass is 298 g/mol. The lowest BCUT2D eigenvalue weighted by Crippen LogP contribution is -2.43. The Labute approximate surface area is 127 Å². The van der Waals surface area contributed by atoms with Crippen LogP contribution >= 0.6 is 0 Å². The topological polar surface area (TPSA) is 78.4 Å². The molecule has 1 saturated carbocycles. The van der Waals surface area contributed by atoms with Gasteiger partial charge in [0, 0.05) is 19.0 Å². The van der Waals surface area contributed by atoms with Gasteiger partial charge in [-0.05, 0) is 37.5 Å². The number of carbonyl (C=O) groups is 2. The van der Waals surface area contributed by atoms with Crippen LogP contribution in [0.25, 0.3) is 0 Å². The molecule has 1 fully saturated rings. The molecule has 0 aromatic heterocycles. The molecule has 0 aromatic rings. The summed E-state index contributed by atoms with van der Waals surface area (Å²) in [5.74, 6) is 0.0345. The van der Waals surface area contributed by atoms with Crippen LogP contribution in [0.1, 0.15) is 65.2 Å². The molecule has 0 radical (unpaired) electrons. The second-order valence-corrected chi connectivity index (χ2v) is 6.46. The molecular weight excluding hydrogens is 268 g/mol. The third-order valence-corrected chi connectivity index (χ3v) is 4.41. The third-order valence-electron chi connectivity index (χ3n) is 4.41. The number of carbonyl (C=O) groups excluding carboxylic acids is 1. The summed E-state index contributed by atoms with van der Waals surface area (Å²) in [6, 6.07) is 0.245. The molecule has 2 amide bonds. The third kappa shape index (κ3) is 7.93. The highest BCUT2D eigenvalue weighted by atomic mass is 16.4. The molecular formula is C16H30N2O3. The second-order valence-electron chi connectivity index (χ2n) is 6.46. The lowest BCUT2D eigenvalue weighted by atomic mass is 9.88. The minimum atomic E-state index is -0.747. The Bertz CT molecular complexity index is 325. The van der Waals surface area contributed by atoms with E-state index in [2.05, 4.69) is 24.5 Å². The van der Waals surface area contributed by atoms with E-state index in [4.69, 9.17) is 5.11 Å². The number of nitrogens with one attached hydrogen (secondary N) is 2. The van der Waals surface area contributed by atoms with Gasteiger partial charge in [-0.25, -0.2) is 4.79 Å². The fraction of sp³-hybridized carbons (Fsp3) is 0.875. The van der Waals surface area contributed by atoms with Crippen LogP contribution in [0.3, 0.4) is 0 Å². The van der Waals surface area contributed by atoms with Crippen molar-refractivity contribution < 1.29 is 14.7 Å². The maximum atomic E-state index is 11.8. The van der Waals surface area contributed by atoms with Gasteiger partial charge in [0.25, 0.3) is 0 Å². The average Bonchev–Trinajstić information content (AvgIpc) is 2.43. The molecule has 0 bridgehead atoms. The Morgan fingerprint density at radius 1 is 1.14 bits per heavy atom. The van der Waals surface area contributed by atoms with Crippen molar-refractivity contribution in [2.75, 3.05) is 6.54 Å². The quantitative estimate of drug-likeness (QED) is 0.644. The number of hydrogen-bond donors (Lipinski definition) is 3. The normalized spacial score (nSPS) is 17.5. The average molecular weight is 298 g/mol. The van der Waals surface area contributed by atoms with Crippen LogP contribution in [0.4, 0.5) is 4.79 Å². The summed E-state index contributed by atoms with van der Waals surface area (Å²) >= 11 is 0. The lowest BCUT2D eigenvalue weighted by molar-refractivity contribution is -0.137. The van der Waals surface area contributed by atoms with Gasteiger partial charge >= 0.3 is 12.0 Å². The number of aliphatic carboxylic acids is 1. The zero-order valence-electron chi connectivity index (χ0n) is 13.4. The SMILES string of the molecule is CC(C)C(CCNC(=O)NC1CCCCC1)CCC(=O)O. The predicted octanol–water partition coefficient (Wildman–Crippen LogP) is 3.15. The van der Waals surface area contributed by atoms with Crippen LogP contribution in [0, 0.1) is 11.8 Å². The van der Waals surface area contributed by atoms with Crippen molar-refractivity contribution in [3.05, 3.63) is 0 Å². The van der Waals surface area contributed by atoms with Gasteiger partial charge in [-0.1, -0.05) is 33.1 Å². The number of rotatable bonds is 8. The van der Waals surface area contributed by atoms with E-state index >= 15 is 0 Å². The van der Waals surface area contributed by atoms with Gasteiger partial charge < -0.3 is 15.7 Å². The van der Waals surface area contributed by atoms with Crippen molar-refractivity contribution in [1.82, 2.24) is 10.6 Å².